The van der Waals surface area contributed by atoms with Gasteiger partial charge in [-0.25, -0.2) is 0 Å². The van der Waals surface area contributed by atoms with Crippen molar-refractivity contribution in [2.75, 3.05) is 43.0 Å². The molecule has 4 fully saturated rings. The van der Waals surface area contributed by atoms with Gasteiger partial charge in [0.25, 0.3) is 0 Å². The summed E-state index contributed by atoms with van der Waals surface area (Å²) >= 11 is 11.2. The van der Waals surface area contributed by atoms with Crippen LogP contribution in [-0.2, 0) is 23.9 Å². The molecule has 2 unspecified atom stereocenters. The van der Waals surface area contributed by atoms with Crippen molar-refractivity contribution in [3.8, 4) is 6.07 Å². The summed E-state index contributed by atoms with van der Waals surface area (Å²) in [6, 6.07) is 11.2. The second kappa shape index (κ2) is 17.1. The molecule has 1 aromatic heterocycles. The smallest absolute Gasteiger partial charge is 0.249 e. The molecule has 54 heavy (non-hydrogen) atoms. The van der Waals surface area contributed by atoms with Crippen LogP contribution >= 0.6 is 24.2 Å². The number of carbonyl (C=O) groups is 4. The average Bonchev–Trinajstić information content (AvgIpc) is 3.31. The number of anilines is 2. The maximum absolute atomic E-state index is 13.6. The molecule has 1 saturated carbocycles. The van der Waals surface area contributed by atoms with Crippen molar-refractivity contribution in [2.24, 2.45) is 0 Å². The topological polar surface area (TPSA) is 151 Å². The Balaban J connectivity index is 0.901. The van der Waals surface area contributed by atoms with Crippen LogP contribution in [0, 0.1) is 11.3 Å². The van der Waals surface area contributed by atoms with Gasteiger partial charge in [0.05, 0.1) is 52.3 Å². The third-order valence-electron chi connectivity index (χ3n) is 11.4. The lowest BCUT2D eigenvalue weighted by Gasteiger charge is -2.44. The summed E-state index contributed by atoms with van der Waals surface area (Å²) in [5, 5.41) is 14.9. The number of nitriles is 1. The number of carbonyl (C=O) groups excluding carboxylic acids is 4. The van der Waals surface area contributed by atoms with E-state index in [9.17, 15) is 24.4 Å². The maximum atomic E-state index is 13.6. The van der Waals surface area contributed by atoms with Gasteiger partial charge in [-0.1, -0.05) is 11.6 Å². The second-order valence-corrected chi connectivity index (χ2v) is 16.4. The zero-order valence-corrected chi connectivity index (χ0v) is 33.1. The molecule has 0 bridgehead atoms. The molecule has 3 aliphatic heterocycles. The fourth-order valence-corrected chi connectivity index (χ4v) is 9.51. The van der Waals surface area contributed by atoms with Crippen LogP contribution in [0.15, 0.2) is 36.5 Å². The summed E-state index contributed by atoms with van der Waals surface area (Å²) in [5.41, 5.74) is 0.983. The number of piperidine rings is 1. The number of thiol groups is 1. The number of nitrogens with zero attached hydrogens (tertiary/aromatic N) is 6. The van der Waals surface area contributed by atoms with Gasteiger partial charge in [-0.05, 0) is 96.6 Å². The number of hydrogen-bond acceptors (Lipinski definition) is 11. The van der Waals surface area contributed by atoms with E-state index in [4.69, 9.17) is 29.0 Å². The number of aromatic nitrogens is 1. The second-order valence-electron chi connectivity index (χ2n) is 15.6. The third kappa shape index (κ3) is 8.77. The maximum Gasteiger partial charge on any atom is 0.249 e. The Morgan fingerprint density at radius 1 is 1.09 bits per heavy atom. The highest BCUT2D eigenvalue weighted by Gasteiger charge is 2.54. The monoisotopic (exact) mass is 778 g/mol. The number of pyridine rings is 1. The molecule has 3 saturated heterocycles. The summed E-state index contributed by atoms with van der Waals surface area (Å²) < 4.78 is 6.36. The van der Waals surface area contributed by atoms with Gasteiger partial charge in [0.1, 0.15) is 11.6 Å². The number of hydrogen-bond donors (Lipinski definition) is 3. The molecule has 1 aromatic carbocycles. The molecule has 4 heterocycles. The molecular formula is C39H51ClN8O5S. The van der Waals surface area contributed by atoms with Crippen molar-refractivity contribution in [2.45, 2.75) is 114 Å². The van der Waals surface area contributed by atoms with E-state index in [1.807, 2.05) is 13.8 Å². The Labute approximate surface area is 328 Å². The molecule has 2 aromatic rings. The summed E-state index contributed by atoms with van der Waals surface area (Å²) in [4.78, 5) is 63.2. The van der Waals surface area contributed by atoms with Gasteiger partial charge in [0, 0.05) is 56.5 Å². The minimum atomic E-state index is -0.738. The number of halogens is 1. The van der Waals surface area contributed by atoms with Gasteiger partial charge >= 0.3 is 0 Å². The number of amides is 4. The largest absolute Gasteiger partial charge is 0.378 e. The molecule has 15 heteroatoms. The lowest BCUT2D eigenvalue weighted by atomic mass is 9.89. The normalized spacial score (nSPS) is 28.2. The van der Waals surface area contributed by atoms with Crippen LogP contribution in [0.1, 0.15) is 89.8 Å². The van der Waals surface area contributed by atoms with Crippen molar-refractivity contribution in [3.63, 3.8) is 0 Å². The first kappa shape index (κ1) is 40.1. The van der Waals surface area contributed by atoms with Crippen LogP contribution in [0.4, 0.5) is 11.4 Å². The van der Waals surface area contributed by atoms with Crippen molar-refractivity contribution in [1.82, 2.24) is 25.0 Å². The van der Waals surface area contributed by atoms with Crippen LogP contribution in [0.5, 0.6) is 0 Å². The molecule has 1 aliphatic carbocycles. The Kier molecular flexibility index (Phi) is 12.7. The highest BCUT2D eigenvalue weighted by molar-refractivity contribution is 7.81. The van der Waals surface area contributed by atoms with Crippen molar-refractivity contribution >= 4 is 59.2 Å². The number of imide groups is 1. The first-order chi connectivity index (χ1) is 25.8. The van der Waals surface area contributed by atoms with E-state index in [0.29, 0.717) is 40.7 Å². The zero-order valence-electron chi connectivity index (χ0n) is 31.5. The lowest BCUT2D eigenvalue weighted by Crippen LogP contribution is -2.58. The molecule has 290 valence electrons. The van der Waals surface area contributed by atoms with E-state index in [1.54, 1.807) is 41.4 Å². The van der Waals surface area contributed by atoms with Crippen LogP contribution in [0.2, 0.25) is 5.02 Å². The first-order valence-corrected chi connectivity index (χ1v) is 19.8. The van der Waals surface area contributed by atoms with Crippen LogP contribution in [0.25, 0.3) is 0 Å². The fraction of sp³-hybridized carbons (Fsp3) is 0.590. The predicted molar refractivity (Wildman–Crippen MR) is 209 cm³/mol. The molecule has 4 aliphatic rings. The molecular weight excluding hydrogens is 728 g/mol. The van der Waals surface area contributed by atoms with Crippen LogP contribution in [0.3, 0.4) is 0 Å². The number of nitrogens with one attached hydrogen (secondary N) is 2. The van der Waals surface area contributed by atoms with Gasteiger partial charge in [-0.2, -0.15) is 5.26 Å². The SMILES string of the molecule is C[C@@H]1CN(CCCOC2CCC(N3C(S)N(c4ccc(C#N)c(Cl)c4)C(=O)C3(C)C)CC2)C[C@H](C)N1CC(=O)Nc1ccc(C2CCC(=O)NC2=O)nc1. The van der Waals surface area contributed by atoms with E-state index in [1.165, 1.54) is 0 Å². The molecule has 0 spiro atoms. The van der Waals surface area contributed by atoms with E-state index in [2.05, 4.69) is 50.2 Å². The Bertz CT molecular complexity index is 1750. The van der Waals surface area contributed by atoms with E-state index < -0.39 is 17.0 Å². The lowest BCUT2D eigenvalue weighted by molar-refractivity contribution is -0.134. The summed E-state index contributed by atoms with van der Waals surface area (Å²) in [5.74, 6) is -1.21. The van der Waals surface area contributed by atoms with Gasteiger partial charge in [-0.3, -0.25) is 44.2 Å². The van der Waals surface area contributed by atoms with Crippen LogP contribution in [-0.4, -0.2) is 111 Å². The highest BCUT2D eigenvalue weighted by Crippen LogP contribution is 2.42. The first-order valence-electron chi connectivity index (χ1n) is 19.0. The highest BCUT2D eigenvalue weighted by atomic mass is 35.5. The Morgan fingerprint density at radius 3 is 2.44 bits per heavy atom. The van der Waals surface area contributed by atoms with Gasteiger partial charge < -0.3 is 15.0 Å². The van der Waals surface area contributed by atoms with Crippen molar-refractivity contribution in [1.29, 1.82) is 5.26 Å². The third-order valence-corrected chi connectivity index (χ3v) is 12.2. The van der Waals surface area contributed by atoms with E-state index in [-0.39, 0.29) is 60.8 Å². The molecule has 6 rings (SSSR count). The van der Waals surface area contributed by atoms with Crippen LogP contribution < -0.4 is 15.5 Å². The minimum absolute atomic E-state index is 0.0393. The molecule has 4 amide bonds. The molecule has 2 N–H and O–H groups in total. The number of ether oxygens (including phenoxy) is 1. The average molecular weight is 779 g/mol. The Morgan fingerprint density at radius 2 is 1.81 bits per heavy atom. The minimum Gasteiger partial charge on any atom is -0.378 e. The van der Waals surface area contributed by atoms with Gasteiger partial charge in [-0.15, -0.1) is 12.6 Å². The van der Waals surface area contributed by atoms with Gasteiger partial charge in [0.15, 0.2) is 0 Å². The molecule has 4 atom stereocenters. The summed E-state index contributed by atoms with van der Waals surface area (Å²) in [6.07, 6.45) is 7.06. The summed E-state index contributed by atoms with van der Waals surface area (Å²) in [7, 11) is 0. The molecule has 13 nitrogen and oxygen atoms in total. The zero-order chi connectivity index (χ0) is 38.7. The summed E-state index contributed by atoms with van der Waals surface area (Å²) in [6.45, 7) is 11.8. The number of piperazine rings is 1. The standard InChI is InChI=1S/C39H51ClN8O5S/c1-24-21-45(22-25(2)46(24)23-35(50)43-27-7-14-33(42-20-27)31-13-15-34(49)44-36(31)51)16-5-17-53-30-11-9-28(10-12-30)48-38(54)47(37(52)39(48,3)4)29-8-6-26(19-41)32(40)18-29/h6-8,14,18,20,24-25,28,30-31,38,54H,5,9-13,15-17,21-23H2,1-4H3,(H,43,50)(H,44,49,51)/t24-,25+,28?,30?,31?,38?. The van der Waals surface area contributed by atoms with E-state index in [0.717, 1.165) is 51.7 Å². The van der Waals surface area contributed by atoms with Gasteiger partial charge in [0.2, 0.25) is 23.6 Å². The number of benzene rings is 1. The molecule has 0 radical (unpaired) electrons. The van der Waals surface area contributed by atoms with E-state index >= 15 is 0 Å². The fourth-order valence-electron chi connectivity index (χ4n) is 8.58. The quantitative estimate of drug-likeness (QED) is 0.169. The Hall–Kier alpha value is -3.58. The number of rotatable bonds is 11. The van der Waals surface area contributed by atoms with Crippen molar-refractivity contribution in [3.05, 3.63) is 52.8 Å². The predicted octanol–water partition coefficient (Wildman–Crippen LogP) is 4.52. The van der Waals surface area contributed by atoms with Crippen molar-refractivity contribution < 1.29 is 23.9 Å².